The second kappa shape index (κ2) is 6.04. The van der Waals surface area contributed by atoms with Crippen molar-refractivity contribution in [3.8, 4) is 0 Å². The number of rotatable bonds is 2. The molecule has 0 aliphatic carbocycles. The van der Waals surface area contributed by atoms with Gasteiger partial charge in [0.05, 0.1) is 27.0 Å². The minimum atomic E-state index is -1.03. The molecular formula is C17H9Cl3N2O3. The molecule has 2 aliphatic rings. The molecule has 1 atom stereocenters. The minimum Gasteiger partial charge on any atom is -0.270 e. The summed E-state index contributed by atoms with van der Waals surface area (Å²) < 4.78 is 0. The van der Waals surface area contributed by atoms with Gasteiger partial charge in [-0.2, -0.15) is 0 Å². The van der Waals surface area contributed by atoms with Crippen LogP contribution in [-0.2, 0) is 14.4 Å². The van der Waals surface area contributed by atoms with Gasteiger partial charge in [-0.1, -0.05) is 53.0 Å². The van der Waals surface area contributed by atoms with Crippen LogP contribution in [0.3, 0.4) is 0 Å². The Morgan fingerprint density at radius 2 is 1.72 bits per heavy atom. The van der Waals surface area contributed by atoms with Gasteiger partial charge in [-0.05, 0) is 24.3 Å². The third-order valence-electron chi connectivity index (χ3n) is 3.99. The predicted octanol–water partition coefficient (Wildman–Crippen LogP) is 3.83. The quantitative estimate of drug-likeness (QED) is 0.785. The van der Waals surface area contributed by atoms with Crippen molar-refractivity contribution in [1.82, 2.24) is 5.48 Å². The van der Waals surface area contributed by atoms with Crippen molar-refractivity contribution in [2.45, 2.75) is 6.10 Å². The molecule has 0 unspecified atom stereocenters. The summed E-state index contributed by atoms with van der Waals surface area (Å²) in [6.07, 6.45) is -1.03. The van der Waals surface area contributed by atoms with Gasteiger partial charge in [-0.25, -0.2) is 4.90 Å². The number of amides is 2. The molecule has 2 heterocycles. The number of hydrogen-bond donors (Lipinski definition) is 1. The van der Waals surface area contributed by atoms with Crippen LogP contribution in [0.15, 0.2) is 48.0 Å². The summed E-state index contributed by atoms with van der Waals surface area (Å²) in [5.41, 5.74) is 4.23. The Morgan fingerprint density at radius 3 is 2.44 bits per heavy atom. The molecule has 0 aromatic heterocycles. The molecule has 126 valence electrons. The fourth-order valence-electron chi connectivity index (χ4n) is 2.82. The number of hydroxylamine groups is 1. The highest BCUT2D eigenvalue weighted by Gasteiger charge is 2.51. The van der Waals surface area contributed by atoms with Crippen LogP contribution >= 0.6 is 34.8 Å². The minimum absolute atomic E-state index is 0.132. The number of benzene rings is 2. The van der Waals surface area contributed by atoms with Crippen LogP contribution in [0, 0.1) is 0 Å². The fourth-order valence-corrected chi connectivity index (χ4v) is 3.32. The molecule has 5 nitrogen and oxygen atoms in total. The van der Waals surface area contributed by atoms with E-state index in [9.17, 15) is 9.59 Å². The first-order valence-corrected chi connectivity index (χ1v) is 8.36. The number of halogens is 3. The van der Waals surface area contributed by atoms with E-state index < -0.39 is 17.9 Å². The zero-order valence-corrected chi connectivity index (χ0v) is 14.7. The Labute approximate surface area is 157 Å². The van der Waals surface area contributed by atoms with Crippen molar-refractivity contribution in [3.05, 3.63) is 68.7 Å². The van der Waals surface area contributed by atoms with E-state index >= 15 is 0 Å². The third-order valence-corrected chi connectivity index (χ3v) is 5.05. The molecule has 1 saturated heterocycles. The van der Waals surface area contributed by atoms with Crippen LogP contribution in [0.25, 0.3) is 5.70 Å². The molecule has 2 aromatic carbocycles. The normalized spacial score (nSPS) is 19.5. The van der Waals surface area contributed by atoms with Crippen LogP contribution < -0.4 is 10.4 Å². The number of hydrogen-bond acceptors (Lipinski definition) is 4. The number of anilines is 1. The highest BCUT2D eigenvalue weighted by Crippen LogP contribution is 2.40. The van der Waals surface area contributed by atoms with Crippen molar-refractivity contribution in [2.75, 3.05) is 4.90 Å². The standard InChI is InChI=1S/C17H9Cl3N2O3/c18-9-6-4-8(5-7-9)14-12-15(25-21-14)17(24)22(16(12)23)11-3-1-2-10(19)13(11)20/h1-7,15,21H/t15-/m1/s1. The third kappa shape index (κ3) is 2.51. The lowest BCUT2D eigenvalue weighted by Crippen LogP contribution is -2.34. The number of nitrogens with zero attached hydrogens (tertiary/aromatic N) is 1. The van der Waals surface area contributed by atoms with Gasteiger partial charge in [-0.15, -0.1) is 0 Å². The highest BCUT2D eigenvalue weighted by atomic mass is 35.5. The maximum atomic E-state index is 12.9. The van der Waals surface area contributed by atoms with Gasteiger partial charge >= 0.3 is 0 Å². The summed E-state index contributed by atoms with van der Waals surface area (Å²) in [5.74, 6) is -1.03. The summed E-state index contributed by atoms with van der Waals surface area (Å²) >= 11 is 18.1. The molecule has 0 bridgehead atoms. The Kier molecular flexibility index (Phi) is 3.96. The SMILES string of the molecule is O=C1C2=C(c3ccc(Cl)cc3)NO[C@H]2C(=O)N1c1cccc(Cl)c1Cl. The van der Waals surface area contributed by atoms with E-state index in [2.05, 4.69) is 5.48 Å². The average Bonchev–Trinajstić information content (AvgIpc) is 3.13. The van der Waals surface area contributed by atoms with E-state index in [4.69, 9.17) is 39.6 Å². The van der Waals surface area contributed by atoms with Crippen LogP contribution in [0.5, 0.6) is 0 Å². The van der Waals surface area contributed by atoms with Crippen LogP contribution in [0.4, 0.5) is 5.69 Å². The van der Waals surface area contributed by atoms with Crippen LogP contribution in [0.1, 0.15) is 5.56 Å². The van der Waals surface area contributed by atoms with E-state index in [0.717, 1.165) is 4.90 Å². The van der Waals surface area contributed by atoms with Gasteiger partial charge < -0.3 is 0 Å². The van der Waals surface area contributed by atoms with Gasteiger partial charge in [0.2, 0.25) is 0 Å². The van der Waals surface area contributed by atoms with Gasteiger partial charge in [0.25, 0.3) is 11.8 Å². The first kappa shape index (κ1) is 16.4. The summed E-state index contributed by atoms with van der Waals surface area (Å²) in [6.45, 7) is 0. The molecule has 1 fully saturated rings. The first-order chi connectivity index (χ1) is 12.0. The van der Waals surface area contributed by atoms with Crippen molar-refractivity contribution in [3.63, 3.8) is 0 Å². The van der Waals surface area contributed by atoms with Gasteiger partial charge in [0.1, 0.15) is 0 Å². The zero-order chi connectivity index (χ0) is 17.7. The molecule has 0 spiro atoms. The topological polar surface area (TPSA) is 58.6 Å². The van der Waals surface area contributed by atoms with Crippen molar-refractivity contribution < 1.29 is 14.4 Å². The van der Waals surface area contributed by atoms with Gasteiger partial charge in [0.15, 0.2) is 6.10 Å². The molecule has 0 saturated carbocycles. The van der Waals surface area contributed by atoms with E-state index in [0.29, 0.717) is 16.3 Å². The van der Waals surface area contributed by atoms with Gasteiger partial charge in [-0.3, -0.25) is 19.9 Å². The molecule has 2 amide bonds. The van der Waals surface area contributed by atoms with Crippen molar-refractivity contribution in [1.29, 1.82) is 0 Å². The average molecular weight is 396 g/mol. The first-order valence-electron chi connectivity index (χ1n) is 7.23. The maximum absolute atomic E-state index is 12.9. The summed E-state index contributed by atoms with van der Waals surface area (Å²) in [4.78, 5) is 31.9. The fraction of sp³-hybridized carbons (Fsp3) is 0.0588. The zero-order valence-electron chi connectivity index (χ0n) is 12.4. The van der Waals surface area contributed by atoms with Gasteiger partial charge in [0, 0.05) is 10.6 Å². The van der Waals surface area contributed by atoms with E-state index in [1.165, 1.54) is 0 Å². The lowest BCUT2D eigenvalue weighted by molar-refractivity contribution is -0.127. The maximum Gasteiger partial charge on any atom is 0.270 e. The lowest BCUT2D eigenvalue weighted by Gasteiger charge is -2.17. The van der Waals surface area contributed by atoms with E-state index in [1.54, 1.807) is 42.5 Å². The molecular weight excluding hydrogens is 387 g/mol. The lowest BCUT2D eigenvalue weighted by atomic mass is 10.1. The van der Waals surface area contributed by atoms with Crippen molar-refractivity contribution >= 4 is 58.0 Å². The predicted molar refractivity (Wildman–Crippen MR) is 95.3 cm³/mol. The summed E-state index contributed by atoms with van der Waals surface area (Å²) in [7, 11) is 0. The molecule has 4 rings (SSSR count). The number of imide groups is 1. The van der Waals surface area contributed by atoms with Crippen LogP contribution in [-0.4, -0.2) is 17.9 Å². The van der Waals surface area contributed by atoms with Crippen LogP contribution in [0.2, 0.25) is 15.1 Å². The van der Waals surface area contributed by atoms with E-state index in [-0.39, 0.29) is 21.3 Å². The Bertz CT molecular complexity index is 941. The smallest absolute Gasteiger partial charge is 0.270 e. The number of fused-ring (bicyclic) bond motifs is 1. The number of nitrogens with one attached hydrogen (secondary N) is 1. The Balaban J connectivity index is 1.82. The monoisotopic (exact) mass is 394 g/mol. The molecule has 0 radical (unpaired) electrons. The second-order valence-electron chi connectivity index (χ2n) is 5.45. The van der Waals surface area contributed by atoms with E-state index in [1.807, 2.05) is 0 Å². The highest BCUT2D eigenvalue weighted by molar-refractivity contribution is 6.45. The Hall–Kier alpha value is -2.05. The molecule has 8 heteroatoms. The molecule has 2 aromatic rings. The summed E-state index contributed by atoms with van der Waals surface area (Å²) in [5, 5.41) is 0.946. The largest absolute Gasteiger partial charge is 0.270 e. The van der Waals surface area contributed by atoms with Crippen molar-refractivity contribution in [2.24, 2.45) is 0 Å². The second-order valence-corrected chi connectivity index (χ2v) is 6.67. The number of carbonyl (C=O) groups is 2. The molecule has 2 aliphatic heterocycles. The molecule has 1 N–H and O–H groups in total. The number of carbonyl (C=O) groups excluding carboxylic acids is 2. The Morgan fingerprint density at radius 1 is 1.00 bits per heavy atom. The molecule has 25 heavy (non-hydrogen) atoms. The summed E-state index contributed by atoms with van der Waals surface area (Å²) in [6, 6.07) is 11.6.